The Kier molecular flexibility index (Phi) is 6.66. The Labute approximate surface area is 154 Å². The lowest BCUT2D eigenvalue weighted by Gasteiger charge is -2.09. The predicted molar refractivity (Wildman–Crippen MR) is 99.2 cm³/mol. The smallest absolute Gasteiger partial charge is 0.341 e. The van der Waals surface area contributed by atoms with E-state index in [2.05, 4.69) is 12.2 Å². The second-order valence-corrected chi connectivity index (χ2v) is 6.89. The van der Waals surface area contributed by atoms with Crippen molar-refractivity contribution in [2.45, 2.75) is 25.1 Å². The molecule has 0 fully saturated rings. The SMILES string of the molecule is CCOC(=O)c1c(-c2ccc(CC)cc2)csc1NC(=O)C(Cl)Cl. The molecule has 0 saturated heterocycles. The average Bonchev–Trinajstić information content (AvgIpc) is 2.98. The summed E-state index contributed by atoms with van der Waals surface area (Å²) < 4.78 is 5.13. The Morgan fingerprint density at radius 2 is 1.88 bits per heavy atom. The number of halogens is 2. The molecule has 1 N–H and O–H groups in total. The first-order valence-electron chi connectivity index (χ1n) is 7.44. The van der Waals surface area contributed by atoms with Gasteiger partial charge in [-0.25, -0.2) is 4.79 Å². The van der Waals surface area contributed by atoms with Gasteiger partial charge >= 0.3 is 5.97 Å². The van der Waals surface area contributed by atoms with Crippen LogP contribution in [0.25, 0.3) is 11.1 Å². The number of hydrogen-bond donors (Lipinski definition) is 1. The zero-order valence-electron chi connectivity index (χ0n) is 13.3. The molecule has 0 radical (unpaired) electrons. The molecule has 4 nitrogen and oxygen atoms in total. The summed E-state index contributed by atoms with van der Waals surface area (Å²) in [6.07, 6.45) is 0.933. The van der Waals surface area contributed by atoms with Crippen LogP contribution >= 0.6 is 34.5 Å². The van der Waals surface area contributed by atoms with E-state index in [0.29, 0.717) is 16.1 Å². The van der Waals surface area contributed by atoms with E-state index in [1.807, 2.05) is 24.3 Å². The molecule has 24 heavy (non-hydrogen) atoms. The van der Waals surface area contributed by atoms with Crippen LogP contribution < -0.4 is 5.32 Å². The van der Waals surface area contributed by atoms with Crippen molar-refractivity contribution >= 4 is 51.4 Å². The molecule has 1 amide bonds. The van der Waals surface area contributed by atoms with Crippen molar-refractivity contribution in [1.29, 1.82) is 0 Å². The number of carbonyl (C=O) groups excluding carboxylic acids is 2. The van der Waals surface area contributed by atoms with E-state index >= 15 is 0 Å². The number of carbonyl (C=O) groups is 2. The van der Waals surface area contributed by atoms with Crippen molar-refractivity contribution in [3.05, 3.63) is 40.8 Å². The van der Waals surface area contributed by atoms with Crippen LogP contribution in [0.5, 0.6) is 0 Å². The number of rotatable bonds is 6. The lowest BCUT2D eigenvalue weighted by atomic mass is 10.0. The van der Waals surface area contributed by atoms with Crippen LogP contribution in [0.3, 0.4) is 0 Å². The number of alkyl halides is 2. The van der Waals surface area contributed by atoms with Crippen molar-refractivity contribution < 1.29 is 14.3 Å². The monoisotopic (exact) mass is 385 g/mol. The van der Waals surface area contributed by atoms with Crippen LogP contribution in [0.15, 0.2) is 29.6 Å². The minimum absolute atomic E-state index is 0.240. The zero-order valence-corrected chi connectivity index (χ0v) is 15.6. The maximum Gasteiger partial charge on any atom is 0.341 e. The largest absolute Gasteiger partial charge is 0.462 e. The molecule has 0 unspecified atom stereocenters. The first-order valence-corrected chi connectivity index (χ1v) is 9.20. The van der Waals surface area contributed by atoms with E-state index in [0.717, 1.165) is 12.0 Å². The molecule has 0 aliphatic carbocycles. The number of amides is 1. The van der Waals surface area contributed by atoms with E-state index in [-0.39, 0.29) is 6.61 Å². The molecule has 128 valence electrons. The highest BCUT2D eigenvalue weighted by molar-refractivity contribution is 7.15. The number of ether oxygens (including phenoxy) is 1. The molecule has 0 saturated carbocycles. The Morgan fingerprint density at radius 1 is 1.21 bits per heavy atom. The van der Waals surface area contributed by atoms with Gasteiger partial charge in [0, 0.05) is 10.9 Å². The highest BCUT2D eigenvalue weighted by Crippen LogP contribution is 2.36. The number of benzene rings is 1. The molecule has 1 aromatic carbocycles. The van der Waals surface area contributed by atoms with Gasteiger partial charge in [-0.05, 0) is 24.5 Å². The summed E-state index contributed by atoms with van der Waals surface area (Å²) in [4.78, 5) is 22.9. The van der Waals surface area contributed by atoms with E-state index in [9.17, 15) is 9.59 Å². The van der Waals surface area contributed by atoms with Gasteiger partial charge in [0.05, 0.1) is 6.61 Å². The average molecular weight is 386 g/mol. The number of thiophene rings is 1. The molecule has 0 bridgehead atoms. The maximum absolute atomic E-state index is 12.4. The van der Waals surface area contributed by atoms with Gasteiger partial charge in [-0.15, -0.1) is 11.3 Å². The van der Waals surface area contributed by atoms with Gasteiger partial charge in [-0.3, -0.25) is 4.79 Å². The van der Waals surface area contributed by atoms with Crippen LogP contribution in [0, 0.1) is 0 Å². The minimum Gasteiger partial charge on any atom is -0.462 e. The van der Waals surface area contributed by atoms with Crippen LogP contribution in [0.2, 0.25) is 0 Å². The molecule has 0 atom stereocenters. The minimum atomic E-state index is -1.21. The van der Waals surface area contributed by atoms with Gasteiger partial charge in [-0.1, -0.05) is 54.4 Å². The summed E-state index contributed by atoms with van der Waals surface area (Å²) >= 11 is 12.4. The molecular weight excluding hydrogens is 369 g/mol. The Morgan fingerprint density at radius 3 is 2.42 bits per heavy atom. The molecule has 2 aromatic rings. The van der Waals surface area contributed by atoms with E-state index < -0.39 is 16.7 Å². The zero-order chi connectivity index (χ0) is 17.7. The van der Waals surface area contributed by atoms with Gasteiger partial charge in [0.2, 0.25) is 0 Å². The van der Waals surface area contributed by atoms with Crippen LogP contribution in [-0.4, -0.2) is 23.3 Å². The fourth-order valence-electron chi connectivity index (χ4n) is 2.15. The van der Waals surface area contributed by atoms with Gasteiger partial charge < -0.3 is 10.1 Å². The van der Waals surface area contributed by atoms with Gasteiger partial charge in [0.25, 0.3) is 5.91 Å². The number of nitrogens with one attached hydrogen (secondary N) is 1. The quantitative estimate of drug-likeness (QED) is 0.568. The van der Waals surface area contributed by atoms with Gasteiger partial charge in [0.15, 0.2) is 4.84 Å². The molecule has 7 heteroatoms. The molecular formula is C17H17Cl2NO3S. The third-order valence-electron chi connectivity index (χ3n) is 3.38. The summed E-state index contributed by atoms with van der Waals surface area (Å²) in [6, 6.07) is 7.91. The van der Waals surface area contributed by atoms with Gasteiger partial charge in [0.1, 0.15) is 10.6 Å². The molecule has 1 heterocycles. The van der Waals surface area contributed by atoms with Crippen molar-refractivity contribution in [1.82, 2.24) is 0 Å². The predicted octanol–water partition coefficient (Wildman–Crippen LogP) is 4.90. The standard InChI is InChI=1S/C17H17Cl2NO3S/c1-3-10-5-7-11(8-6-10)12-9-24-16(20-15(21)14(18)19)13(12)17(22)23-4-2/h5-9,14H,3-4H2,1-2H3,(H,20,21). The second-order valence-electron chi connectivity index (χ2n) is 4.91. The second kappa shape index (κ2) is 8.51. The molecule has 2 rings (SSSR count). The normalized spacial score (nSPS) is 10.7. The number of aryl methyl sites for hydroxylation is 1. The van der Waals surface area contributed by atoms with Crippen molar-refractivity contribution in [3.63, 3.8) is 0 Å². The van der Waals surface area contributed by atoms with E-state index in [4.69, 9.17) is 27.9 Å². The van der Waals surface area contributed by atoms with Crippen LogP contribution in [0.1, 0.15) is 29.8 Å². The molecule has 0 spiro atoms. The maximum atomic E-state index is 12.4. The first-order chi connectivity index (χ1) is 11.5. The summed E-state index contributed by atoms with van der Waals surface area (Å²) in [5, 5.41) is 4.76. The Bertz CT molecular complexity index is 726. The Hall–Kier alpha value is -1.56. The first kappa shape index (κ1) is 18.8. The highest BCUT2D eigenvalue weighted by atomic mass is 35.5. The summed E-state index contributed by atoms with van der Waals surface area (Å²) in [7, 11) is 0. The van der Waals surface area contributed by atoms with Crippen molar-refractivity contribution in [2.24, 2.45) is 0 Å². The number of anilines is 1. The van der Waals surface area contributed by atoms with Crippen LogP contribution in [0.4, 0.5) is 5.00 Å². The fraction of sp³-hybridized carbons (Fsp3) is 0.294. The highest BCUT2D eigenvalue weighted by Gasteiger charge is 2.24. The van der Waals surface area contributed by atoms with Crippen LogP contribution in [-0.2, 0) is 16.0 Å². The van der Waals surface area contributed by atoms with Crippen molar-refractivity contribution in [3.8, 4) is 11.1 Å². The fourth-order valence-corrected chi connectivity index (χ4v) is 3.22. The third kappa shape index (κ3) is 4.29. The lowest BCUT2D eigenvalue weighted by molar-refractivity contribution is -0.114. The third-order valence-corrected chi connectivity index (χ3v) is 4.67. The molecule has 0 aliphatic rings. The molecule has 0 aliphatic heterocycles. The lowest BCUT2D eigenvalue weighted by Crippen LogP contribution is -2.19. The number of hydrogen-bond acceptors (Lipinski definition) is 4. The van der Waals surface area contributed by atoms with Crippen molar-refractivity contribution in [2.75, 3.05) is 11.9 Å². The van der Waals surface area contributed by atoms with E-state index in [1.54, 1.807) is 12.3 Å². The summed E-state index contributed by atoms with van der Waals surface area (Å²) in [5.74, 6) is -1.08. The summed E-state index contributed by atoms with van der Waals surface area (Å²) in [5.41, 5.74) is 3.10. The Balaban J connectivity index is 2.44. The van der Waals surface area contributed by atoms with E-state index in [1.165, 1.54) is 16.9 Å². The topological polar surface area (TPSA) is 55.4 Å². The number of esters is 1. The van der Waals surface area contributed by atoms with Gasteiger partial charge in [-0.2, -0.15) is 0 Å². The summed E-state index contributed by atoms with van der Waals surface area (Å²) in [6.45, 7) is 4.04. The molecule has 1 aromatic heterocycles.